The Kier molecular flexibility index (Phi) is 4.82. The van der Waals surface area contributed by atoms with Gasteiger partial charge >= 0.3 is 12.4 Å². The van der Waals surface area contributed by atoms with Crippen LogP contribution in [0, 0.1) is 0 Å². The van der Waals surface area contributed by atoms with Gasteiger partial charge < -0.3 is 10.1 Å². The van der Waals surface area contributed by atoms with Crippen LogP contribution < -0.4 is 5.32 Å². The number of alkyl halides is 6. The molecule has 1 aliphatic heterocycles. The van der Waals surface area contributed by atoms with E-state index in [0.29, 0.717) is 0 Å². The van der Waals surface area contributed by atoms with Crippen molar-refractivity contribution in [2.75, 3.05) is 32.1 Å². The summed E-state index contributed by atoms with van der Waals surface area (Å²) < 4.78 is 80.7. The summed E-state index contributed by atoms with van der Waals surface area (Å²) in [6.45, 7) is -1.40. The van der Waals surface area contributed by atoms with Gasteiger partial charge in [0.2, 0.25) is 5.91 Å². The number of carbonyl (C=O) groups is 1. The molecule has 1 heterocycles. The molecule has 1 amide bonds. The van der Waals surface area contributed by atoms with Crippen molar-refractivity contribution in [2.24, 2.45) is 0 Å². The number of amides is 1. The Labute approximate surface area is 133 Å². The minimum absolute atomic E-state index is 0.0795. The highest BCUT2D eigenvalue weighted by Crippen LogP contribution is 2.40. The summed E-state index contributed by atoms with van der Waals surface area (Å²) in [5.74, 6) is -0.707. The van der Waals surface area contributed by atoms with Crippen LogP contribution in [0.2, 0.25) is 0 Å². The predicted octanol–water partition coefficient (Wildman–Crippen LogP) is 2.91. The molecule has 0 radical (unpaired) electrons. The average Bonchev–Trinajstić information content (AvgIpc) is 2.40. The number of carbonyl (C=O) groups excluding carboxylic acids is 1. The van der Waals surface area contributed by atoms with Gasteiger partial charge in [0.05, 0.1) is 12.1 Å². The smallest absolute Gasteiger partial charge is 0.366 e. The summed E-state index contributed by atoms with van der Waals surface area (Å²) >= 11 is 0. The number of ether oxygens (including phenoxy) is 1. The summed E-state index contributed by atoms with van der Waals surface area (Å²) in [5.41, 5.74) is -3.31. The van der Waals surface area contributed by atoms with E-state index < -0.39 is 42.5 Å². The van der Waals surface area contributed by atoms with Crippen molar-refractivity contribution in [3.63, 3.8) is 0 Å². The second kappa shape index (κ2) is 6.25. The zero-order valence-electron chi connectivity index (χ0n) is 12.5. The van der Waals surface area contributed by atoms with Crippen LogP contribution in [0.1, 0.15) is 5.56 Å². The first kappa shape index (κ1) is 18.5. The summed E-state index contributed by atoms with van der Waals surface area (Å²) in [7, 11) is 0.938. The largest absolute Gasteiger partial charge is 0.419 e. The Morgan fingerprint density at radius 1 is 1.25 bits per heavy atom. The number of likely N-dealkylation sites (tertiary alicyclic amines) is 1. The molecule has 2 rings (SSSR count). The minimum atomic E-state index is -4.56. The lowest BCUT2D eigenvalue weighted by molar-refractivity contribution is -0.309. The van der Waals surface area contributed by atoms with Crippen LogP contribution in [0.4, 0.5) is 32.0 Å². The molecular weight excluding hydrogens is 342 g/mol. The Hall–Kier alpha value is -1.81. The third kappa shape index (κ3) is 3.81. The van der Waals surface area contributed by atoms with Gasteiger partial charge in [0.15, 0.2) is 5.60 Å². The standard InChI is InChI=1S/C14H14F6N2O2/c1-24-12(14(18,19)20)7-22(8-12)6-11(23)21-10-4-2-3-9(5-10)13(15,16)17/h2-5H,6-8H2,1H3,(H,21,23). The van der Waals surface area contributed by atoms with Crippen molar-refractivity contribution < 1.29 is 35.9 Å². The number of benzene rings is 1. The Bertz CT molecular complexity index is 608. The molecule has 1 aromatic carbocycles. The predicted molar refractivity (Wildman–Crippen MR) is 72.3 cm³/mol. The monoisotopic (exact) mass is 356 g/mol. The Balaban J connectivity index is 1.92. The van der Waals surface area contributed by atoms with Crippen LogP contribution in [-0.4, -0.2) is 49.3 Å². The van der Waals surface area contributed by atoms with Gasteiger partial charge in [-0.15, -0.1) is 0 Å². The van der Waals surface area contributed by atoms with Crippen LogP contribution in [0.25, 0.3) is 0 Å². The van der Waals surface area contributed by atoms with Crippen molar-refractivity contribution in [1.82, 2.24) is 4.90 Å². The Morgan fingerprint density at radius 2 is 1.88 bits per heavy atom. The average molecular weight is 356 g/mol. The molecule has 0 bridgehead atoms. The van der Waals surface area contributed by atoms with Crippen molar-refractivity contribution in [1.29, 1.82) is 0 Å². The highest BCUT2D eigenvalue weighted by Gasteiger charge is 2.62. The molecule has 1 N–H and O–H groups in total. The summed E-state index contributed by atoms with van der Waals surface area (Å²) in [4.78, 5) is 13.0. The first-order valence-corrected chi connectivity index (χ1v) is 6.78. The molecule has 0 atom stereocenters. The zero-order valence-corrected chi connectivity index (χ0v) is 12.5. The van der Waals surface area contributed by atoms with E-state index in [4.69, 9.17) is 0 Å². The summed E-state index contributed by atoms with van der Waals surface area (Å²) in [6.07, 6.45) is -9.11. The fraction of sp³-hybridized carbons (Fsp3) is 0.500. The van der Waals surface area contributed by atoms with Crippen molar-refractivity contribution >= 4 is 11.6 Å². The fourth-order valence-electron chi connectivity index (χ4n) is 2.39. The number of anilines is 1. The highest BCUT2D eigenvalue weighted by molar-refractivity contribution is 5.92. The van der Waals surface area contributed by atoms with Gasteiger partial charge in [-0.25, -0.2) is 0 Å². The fourth-order valence-corrected chi connectivity index (χ4v) is 2.39. The lowest BCUT2D eigenvalue weighted by Gasteiger charge is -2.49. The lowest BCUT2D eigenvalue weighted by Crippen LogP contribution is -2.70. The third-order valence-electron chi connectivity index (χ3n) is 3.71. The first-order valence-electron chi connectivity index (χ1n) is 6.78. The first-order chi connectivity index (χ1) is 11.0. The number of hydrogen-bond acceptors (Lipinski definition) is 3. The van der Waals surface area contributed by atoms with Gasteiger partial charge in [0.25, 0.3) is 0 Å². The van der Waals surface area contributed by atoms with E-state index in [1.807, 2.05) is 0 Å². The van der Waals surface area contributed by atoms with E-state index in [0.717, 1.165) is 25.3 Å². The van der Waals surface area contributed by atoms with Gasteiger partial charge in [-0.05, 0) is 18.2 Å². The van der Waals surface area contributed by atoms with E-state index in [9.17, 15) is 31.1 Å². The third-order valence-corrected chi connectivity index (χ3v) is 3.71. The Morgan fingerprint density at radius 3 is 2.38 bits per heavy atom. The number of nitrogens with zero attached hydrogens (tertiary/aromatic N) is 1. The van der Waals surface area contributed by atoms with Gasteiger partial charge in [-0.3, -0.25) is 9.69 Å². The maximum Gasteiger partial charge on any atom is 0.419 e. The summed E-state index contributed by atoms with van der Waals surface area (Å²) in [6, 6.07) is 3.99. The molecule has 24 heavy (non-hydrogen) atoms. The summed E-state index contributed by atoms with van der Waals surface area (Å²) in [5, 5.41) is 2.23. The van der Waals surface area contributed by atoms with Gasteiger partial charge in [-0.2, -0.15) is 26.3 Å². The topological polar surface area (TPSA) is 41.6 Å². The maximum atomic E-state index is 12.8. The van der Waals surface area contributed by atoms with E-state index in [1.54, 1.807) is 0 Å². The van der Waals surface area contributed by atoms with E-state index >= 15 is 0 Å². The number of methoxy groups -OCH3 is 1. The molecule has 1 fully saturated rings. The van der Waals surface area contributed by atoms with Crippen LogP contribution in [0.3, 0.4) is 0 Å². The molecular formula is C14H14F6N2O2. The van der Waals surface area contributed by atoms with Crippen molar-refractivity contribution in [2.45, 2.75) is 18.0 Å². The highest BCUT2D eigenvalue weighted by atomic mass is 19.4. The normalized spacial score (nSPS) is 18.1. The van der Waals surface area contributed by atoms with Gasteiger partial charge in [0.1, 0.15) is 0 Å². The van der Waals surface area contributed by atoms with Crippen molar-refractivity contribution in [3.8, 4) is 0 Å². The number of nitrogens with one attached hydrogen (secondary N) is 1. The minimum Gasteiger partial charge on any atom is -0.366 e. The van der Waals surface area contributed by atoms with Crippen LogP contribution in [0.15, 0.2) is 24.3 Å². The molecule has 1 aliphatic rings. The molecule has 0 aromatic heterocycles. The van der Waals surface area contributed by atoms with E-state index in [1.165, 1.54) is 11.0 Å². The maximum absolute atomic E-state index is 12.8. The zero-order chi connectivity index (χ0) is 18.2. The van der Waals surface area contributed by atoms with E-state index in [-0.39, 0.29) is 12.2 Å². The molecule has 1 saturated heterocycles. The molecule has 0 unspecified atom stereocenters. The SMILES string of the molecule is COC1(C(F)(F)F)CN(CC(=O)Nc2cccc(C(F)(F)F)c2)C1. The number of hydrogen-bond donors (Lipinski definition) is 1. The molecule has 1 aromatic rings. The number of halogens is 6. The molecule has 134 valence electrons. The van der Waals surface area contributed by atoms with Crippen LogP contribution in [0.5, 0.6) is 0 Å². The molecule has 0 saturated carbocycles. The number of rotatable bonds is 4. The second-order valence-corrected chi connectivity index (χ2v) is 5.47. The molecule has 0 aliphatic carbocycles. The molecule has 10 heteroatoms. The van der Waals surface area contributed by atoms with Crippen molar-refractivity contribution in [3.05, 3.63) is 29.8 Å². The van der Waals surface area contributed by atoms with E-state index in [2.05, 4.69) is 10.1 Å². The van der Waals surface area contributed by atoms with Gasteiger partial charge in [-0.1, -0.05) is 6.07 Å². The quantitative estimate of drug-likeness (QED) is 0.844. The second-order valence-electron chi connectivity index (χ2n) is 5.47. The van der Waals surface area contributed by atoms with Crippen LogP contribution >= 0.6 is 0 Å². The lowest BCUT2D eigenvalue weighted by atomic mass is 9.93. The molecule has 0 spiro atoms. The van der Waals surface area contributed by atoms with Gasteiger partial charge in [0, 0.05) is 25.9 Å². The van der Waals surface area contributed by atoms with Crippen LogP contribution in [-0.2, 0) is 15.7 Å². The molecule has 4 nitrogen and oxygen atoms in total.